The van der Waals surface area contributed by atoms with E-state index in [1.807, 2.05) is 0 Å². The third-order valence-corrected chi connectivity index (χ3v) is 3.22. The predicted octanol–water partition coefficient (Wildman–Crippen LogP) is 5.15. The Kier molecular flexibility index (Phi) is 3.86. The molecule has 2 aromatic rings. The molecule has 0 radical (unpaired) electrons. The first-order valence-electron chi connectivity index (χ1n) is 5.76. The Labute approximate surface area is 119 Å². The smallest absolute Gasteiger partial charge is 0.298 e. The SMILES string of the molecule is Cc1cc(Cl)ccc1-c1ccc(C(F)(F)F)cc1C=O. The number of aldehydes is 1. The summed E-state index contributed by atoms with van der Waals surface area (Å²) in [4.78, 5) is 11.1. The summed E-state index contributed by atoms with van der Waals surface area (Å²) in [6, 6.07) is 8.15. The number of alkyl halides is 3. The van der Waals surface area contributed by atoms with Crippen LogP contribution in [0.4, 0.5) is 13.2 Å². The van der Waals surface area contributed by atoms with Gasteiger partial charge in [-0.15, -0.1) is 0 Å². The van der Waals surface area contributed by atoms with Crippen molar-refractivity contribution in [3.05, 3.63) is 58.1 Å². The molecule has 0 spiro atoms. The highest BCUT2D eigenvalue weighted by molar-refractivity contribution is 6.30. The van der Waals surface area contributed by atoms with Crippen molar-refractivity contribution in [3.8, 4) is 11.1 Å². The lowest BCUT2D eigenvalue weighted by Crippen LogP contribution is -2.06. The molecule has 0 N–H and O–H groups in total. The van der Waals surface area contributed by atoms with Gasteiger partial charge in [0.2, 0.25) is 0 Å². The maximum Gasteiger partial charge on any atom is 0.416 e. The fraction of sp³-hybridized carbons (Fsp3) is 0.133. The van der Waals surface area contributed by atoms with E-state index in [4.69, 9.17) is 11.6 Å². The van der Waals surface area contributed by atoms with Crippen LogP contribution in [0.15, 0.2) is 36.4 Å². The fourth-order valence-electron chi connectivity index (χ4n) is 2.01. The van der Waals surface area contributed by atoms with Crippen LogP contribution >= 0.6 is 11.6 Å². The van der Waals surface area contributed by atoms with Gasteiger partial charge in [0, 0.05) is 10.6 Å². The summed E-state index contributed by atoms with van der Waals surface area (Å²) in [5.41, 5.74) is 1.10. The Morgan fingerprint density at radius 2 is 1.70 bits per heavy atom. The molecule has 5 heteroatoms. The first-order valence-corrected chi connectivity index (χ1v) is 6.13. The Morgan fingerprint density at radius 1 is 1.05 bits per heavy atom. The quantitative estimate of drug-likeness (QED) is 0.701. The van der Waals surface area contributed by atoms with Gasteiger partial charge in [-0.3, -0.25) is 4.79 Å². The monoisotopic (exact) mass is 298 g/mol. The summed E-state index contributed by atoms with van der Waals surface area (Å²) in [6.45, 7) is 1.79. The molecular formula is C15H10ClF3O. The van der Waals surface area contributed by atoms with Crippen molar-refractivity contribution in [2.24, 2.45) is 0 Å². The third-order valence-electron chi connectivity index (χ3n) is 2.98. The van der Waals surface area contributed by atoms with Gasteiger partial charge in [-0.25, -0.2) is 0 Å². The zero-order valence-electron chi connectivity index (χ0n) is 10.5. The number of benzene rings is 2. The van der Waals surface area contributed by atoms with Crippen molar-refractivity contribution in [1.29, 1.82) is 0 Å². The first-order chi connectivity index (χ1) is 9.32. The maximum atomic E-state index is 12.6. The van der Waals surface area contributed by atoms with Crippen molar-refractivity contribution < 1.29 is 18.0 Å². The standard InChI is InChI=1S/C15H10ClF3O/c1-9-6-12(16)3-5-13(9)14-4-2-11(15(17,18)19)7-10(14)8-20/h2-8H,1H3. The van der Waals surface area contributed by atoms with Gasteiger partial charge in [-0.2, -0.15) is 13.2 Å². The van der Waals surface area contributed by atoms with Gasteiger partial charge in [0.1, 0.15) is 0 Å². The van der Waals surface area contributed by atoms with Crippen LogP contribution in [0, 0.1) is 6.92 Å². The van der Waals surface area contributed by atoms with Crippen LogP contribution in [0.25, 0.3) is 11.1 Å². The first kappa shape index (κ1) is 14.6. The van der Waals surface area contributed by atoms with Gasteiger partial charge in [0.25, 0.3) is 0 Å². The van der Waals surface area contributed by atoms with E-state index in [1.165, 1.54) is 6.07 Å². The molecule has 0 saturated carbocycles. The Hall–Kier alpha value is -1.81. The van der Waals surface area contributed by atoms with Crippen LogP contribution in [0.3, 0.4) is 0 Å². The summed E-state index contributed by atoms with van der Waals surface area (Å²) < 4.78 is 37.9. The van der Waals surface area contributed by atoms with Crippen LogP contribution in [0.1, 0.15) is 21.5 Å². The van der Waals surface area contributed by atoms with Crippen LogP contribution in [-0.2, 0) is 6.18 Å². The van der Waals surface area contributed by atoms with Crippen molar-refractivity contribution in [2.75, 3.05) is 0 Å². The highest BCUT2D eigenvalue weighted by Crippen LogP contribution is 2.34. The molecule has 104 valence electrons. The Bertz CT molecular complexity index is 663. The van der Waals surface area contributed by atoms with Crippen molar-refractivity contribution in [1.82, 2.24) is 0 Å². The Morgan fingerprint density at radius 3 is 2.25 bits per heavy atom. The molecule has 20 heavy (non-hydrogen) atoms. The third kappa shape index (κ3) is 2.85. The number of carbonyl (C=O) groups is 1. The molecule has 0 fully saturated rings. The minimum absolute atomic E-state index is 0.00486. The summed E-state index contributed by atoms with van der Waals surface area (Å²) in [7, 11) is 0. The molecule has 0 saturated heterocycles. The zero-order chi connectivity index (χ0) is 14.9. The molecule has 0 aliphatic heterocycles. The van der Waals surface area contributed by atoms with Gasteiger partial charge in [-0.1, -0.05) is 23.7 Å². The number of carbonyl (C=O) groups excluding carboxylic acids is 1. The molecule has 0 unspecified atom stereocenters. The molecule has 0 aromatic heterocycles. The van der Waals surface area contributed by atoms with E-state index in [2.05, 4.69) is 0 Å². The highest BCUT2D eigenvalue weighted by atomic mass is 35.5. The molecule has 2 aromatic carbocycles. The van der Waals surface area contributed by atoms with Gasteiger partial charge in [0.05, 0.1) is 5.56 Å². The second-order valence-electron chi connectivity index (χ2n) is 4.38. The molecule has 0 bridgehead atoms. The van der Waals surface area contributed by atoms with Gasteiger partial charge in [-0.05, 0) is 47.9 Å². The topological polar surface area (TPSA) is 17.1 Å². The molecule has 2 rings (SSSR count). The second-order valence-corrected chi connectivity index (χ2v) is 4.81. The van der Waals surface area contributed by atoms with Gasteiger partial charge in [0.15, 0.2) is 6.29 Å². The summed E-state index contributed by atoms with van der Waals surface area (Å²) in [5, 5.41) is 0.533. The molecule has 0 aliphatic carbocycles. The fourth-order valence-corrected chi connectivity index (χ4v) is 2.24. The number of hydrogen-bond acceptors (Lipinski definition) is 1. The van der Waals surface area contributed by atoms with Crippen LogP contribution in [0.5, 0.6) is 0 Å². The Balaban J connectivity index is 2.60. The lowest BCUT2D eigenvalue weighted by Gasteiger charge is -2.12. The average molecular weight is 299 g/mol. The minimum Gasteiger partial charge on any atom is -0.298 e. The highest BCUT2D eigenvalue weighted by Gasteiger charge is 2.31. The number of rotatable bonds is 2. The molecule has 1 nitrogen and oxygen atoms in total. The minimum atomic E-state index is -4.47. The zero-order valence-corrected chi connectivity index (χ0v) is 11.2. The molecule has 0 amide bonds. The van der Waals surface area contributed by atoms with E-state index in [9.17, 15) is 18.0 Å². The average Bonchev–Trinajstić information content (AvgIpc) is 2.37. The lowest BCUT2D eigenvalue weighted by molar-refractivity contribution is -0.137. The van der Waals surface area contributed by atoms with E-state index in [-0.39, 0.29) is 5.56 Å². The molecule has 0 aliphatic rings. The largest absolute Gasteiger partial charge is 0.416 e. The van der Waals surface area contributed by atoms with Crippen LogP contribution in [0.2, 0.25) is 5.02 Å². The van der Waals surface area contributed by atoms with Gasteiger partial charge >= 0.3 is 6.18 Å². The van der Waals surface area contributed by atoms with E-state index < -0.39 is 11.7 Å². The lowest BCUT2D eigenvalue weighted by atomic mass is 9.95. The van der Waals surface area contributed by atoms with E-state index in [1.54, 1.807) is 25.1 Å². The second kappa shape index (κ2) is 5.29. The van der Waals surface area contributed by atoms with Crippen LogP contribution in [-0.4, -0.2) is 6.29 Å². The maximum absolute atomic E-state index is 12.6. The molecule has 0 atom stereocenters. The summed E-state index contributed by atoms with van der Waals surface area (Å²) in [5.74, 6) is 0. The van der Waals surface area contributed by atoms with E-state index in [0.29, 0.717) is 22.4 Å². The number of aryl methyl sites for hydroxylation is 1. The van der Waals surface area contributed by atoms with Gasteiger partial charge < -0.3 is 0 Å². The van der Waals surface area contributed by atoms with E-state index in [0.717, 1.165) is 17.7 Å². The van der Waals surface area contributed by atoms with E-state index >= 15 is 0 Å². The predicted molar refractivity (Wildman–Crippen MR) is 72.0 cm³/mol. The molecular weight excluding hydrogens is 289 g/mol. The normalized spacial score (nSPS) is 11.4. The van der Waals surface area contributed by atoms with Crippen molar-refractivity contribution in [3.63, 3.8) is 0 Å². The number of halogens is 4. The van der Waals surface area contributed by atoms with Crippen molar-refractivity contribution in [2.45, 2.75) is 13.1 Å². The van der Waals surface area contributed by atoms with Crippen molar-refractivity contribution >= 4 is 17.9 Å². The van der Waals surface area contributed by atoms with Crippen LogP contribution < -0.4 is 0 Å². The number of hydrogen-bond donors (Lipinski definition) is 0. The summed E-state index contributed by atoms with van der Waals surface area (Å²) >= 11 is 5.84. The summed E-state index contributed by atoms with van der Waals surface area (Å²) in [6.07, 6.45) is -4.04. The molecule has 0 heterocycles.